The van der Waals surface area contributed by atoms with E-state index in [2.05, 4.69) is 20.8 Å². The maximum atomic E-state index is 12.0. The normalized spacial score (nSPS) is 17.6. The molecule has 1 amide bonds. The molecule has 3 N–H and O–H groups in total. The largest absolute Gasteiger partial charge is 0.481 e. The van der Waals surface area contributed by atoms with Crippen molar-refractivity contribution in [2.45, 2.75) is 56.1 Å². The fourth-order valence-corrected chi connectivity index (χ4v) is 6.30. The summed E-state index contributed by atoms with van der Waals surface area (Å²) in [6.45, 7) is 0.287. The minimum Gasteiger partial charge on any atom is -0.481 e. The van der Waals surface area contributed by atoms with Gasteiger partial charge in [-0.05, 0) is 56.4 Å². The van der Waals surface area contributed by atoms with E-state index >= 15 is 0 Å². The van der Waals surface area contributed by atoms with Crippen LogP contribution in [0, 0.1) is 0 Å². The van der Waals surface area contributed by atoms with Crippen molar-refractivity contribution >= 4 is 23.6 Å². The Labute approximate surface area is 281 Å². The lowest BCUT2D eigenvalue weighted by molar-refractivity contribution is -0.245. The summed E-state index contributed by atoms with van der Waals surface area (Å²) in [5.41, 5.74) is 6.48. The van der Waals surface area contributed by atoms with Crippen molar-refractivity contribution < 1.29 is 29.3 Å². The topological polar surface area (TPSA) is 149 Å². The zero-order valence-electron chi connectivity index (χ0n) is 26.0. The number of hydrogen-bond donors (Lipinski definition) is 3. The number of aromatic nitrogens is 4. The highest BCUT2D eigenvalue weighted by molar-refractivity contribution is 7.99. The molecule has 3 unspecified atom stereocenters. The van der Waals surface area contributed by atoms with Crippen LogP contribution in [-0.4, -0.2) is 54.2 Å². The minimum absolute atomic E-state index is 0.0242. The maximum Gasteiger partial charge on any atom is 0.303 e. The molecule has 0 saturated carbocycles. The second-order valence-corrected chi connectivity index (χ2v) is 12.3. The SMILES string of the molecule is O=C(O)CCC(=O)NCc1cccc(-c2ccc(C3OC(CSc4nnnn4-c4ccccc4)CC(c4ccc(CO)cc4)O3)cc2)c1. The van der Waals surface area contributed by atoms with Crippen molar-refractivity contribution in [2.75, 3.05) is 5.75 Å². The highest BCUT2D eigenvalue weighted by atomic mass is 32.2. The molecule has 4 aromatic carbocycles. The van der Waals surface area contributed by atoms with E-state index in [9.17, 15) is 14.7 Å². The van der Waals surface area contributed by atoms with Crippen LogP contribution in [0.25, 0.3) is 16.8 Å². The van der Waals surface area contributed by atoms with Crippen molar-refractivity contribution in [2.24, 2.45) is 0 Å². The molecule has 48 heavy (non-hydrogen) atoms. The zero-order chi connectivity index (χ0) is 33.3. The summed E-state index contributed by atoms with van der Waals surface area (Å²) >= 11 is 1.53. The number of rotatable bonds is 13. The summed E-state index contributed by atoms with van der Waals surface area (Å²) in [6.07, 6.45) is -0.626. The second-order valence-electron chi connectivity index (χ2n) is 11.4. The molecule has 2 heterocycles. The highest BCUT2D eigenvalue weighted by Crippen LogP contribution is 2.40. The van der Waals surface area contributed by atoms with Crippen molar-refractivity contribution in [3.05, 3.63) is 125 Å². The van der Waals surface area contributed by atoms with E-state index in [1.54, 1.807) is 4.68 Å². The van der Waals surface area contributed by atoms with E-state index in [1.807, 2.05) is 103 Å². The third-order valence-electron chi connectivity index (χ3n) is 7.95. The van der Waals surface area contributed by atoms with Crippen LogP contribution in [0.4, 0.5) is 0 Å². The van der Waals surface area contributed by atoms with Gasteiger partial charge in [0, 0.05) is 30.7 Å². The van der Waals surface area contributed by atoms with Gasteiger partial charge in [-0.25, -0.2) is 0 Å². The molecular formula is C36H35N5O6S. The quantitative estimate of drug-likeness (QED) is 0.135. The summed E-state index contributed by atoms with van der Waals surface area (Å²) in [5.74, 6) is -0.687. The number of carbonyl (C=O) groups is 2. The monoisotopic (exact) mass is 665 g/mol. The zero-order valence-corrected chi connectivity index (χ0v) is 26.8. The number of carboxylic acid groups (broad SMARTS) is 1. The smallest absolute Gasteiger partial charge is 0.303 e. The number of carbonyl (C=O) groups excluding carboxylic acids is 1. The molecule has 0 aliphatic carbocycles. The number of ether oxygens (including phenoxy) is 2. The van der Waals surface area contributed by atoms with Crippen LogP contribution in [0.5, 0.6) is 0 Å². The number of carboxylic acids is 1. The standard InChI is InChI=1S/C36H35N5O6S/c42-22-24-9-11-27(12-10-24)32-20-31(23-48-36-38-39-40-41(36)30-7-2-1-3-8-30)46-35(47-32)28-15-13-26(14-16-28)29-6-4-5-25(19-29)21-37-33(43)17-18-34(44)45/h1-16,19,31-32,35,42H,17-18,20-23H2,(H,37,43)(H,44,45). The van der Waals surface area contributed by atoms with Crippen LogP contribution in [-0.2, 0) is 32.2 Å². The van der Waals surface area contributed by atoms with Crippen molar-refractivity contribution in [1.82, 2.24) is 25.5 Å². The molecule has 12 heteroatoms. The summed E-state index contributed by atoms with van der Waals surface area (Å²) in [4.78, 5) is 22.7. The van der Waals surface area contributed by atoms with Crippen LogP contribution in [0.2, 0.25) is 0 Å². The molecular weight excluding hydrogens is 630 g/mol. The predicted molar refractivity (Wildman–Crippen MR) is 179 cm³/mol. The summed E-state index contributed by atoms with van der Waals surface area (Å²) in [5, 5.41) is 34.1. The molecule has 1 saturated heterocycles. The van der Waals surface area contributed by atoms with Crippen LogP contribution in [0.1, 0.15) is 53.9 Å². The van der Waals surface area contributed by atoms with Gasteiger partial charge in [0.1, 0.15) is 0 Å². The number of nitrogens with zero attached hydrogens (tertiary/aromatic N) is 4. The molecule has 0 spiro atoms. The molecule has 1 aliphatic heterocycles. The van der Waals surface area contributed by atoms with Crippen molar-refractivity contribution in [3.63, 3.8) is 0 Å². The van der Waals surface area contributed by atoms with Crippen LogP contribution >= 0.6 is 11.8 Å². The van der Waals surface area contributed by atoms with Crippen LogP contribution in [0.3, 0.4) is 0 Å². The Hall–Kier alpha value is -4.88. The van der Waals surface area contributed by atoms with Crippen LogP contribution < -0.4 is 5.32 Å². The number of hydrogen-bond acceptors (Lipinski definition) is 9. The van der Waals surface area contributed by atoms with Gasteiger partial charge in [0.25, 0.3) is 0 Å². The van der Waals surface area contributed by atoms with Gasteiger partial charge in [-0.15, -0.1) is 5.10 Å². The lowest BCUT2D eigenvalue weighted by Gasteiger charge is -2.36. The number of aliphatic carboxylic acids is 1. The van der Waals surface area contributed by atoms with E-state index in [0.29, 0.717) is 23.9 Å². The van der Waals surface area contributed by atoms with Gasteiger partial charge >= 0.3 is 5.97 Å². The Kier molecular flexibility index (Phi) is 10.9. The summed E-state index contributed by atoms with van der Waals surface area (Å²) in [7, 11) is 0. The molecule has 0 bridgehead atoms. The van der Waals surface area contributed by atoms with Gasteiger partial charge in [0.05, 0.1) is 30.9 Å². The van der Waals surface area contributed by atoms with E-state index < -0.39 is 12.3 Å². The fourth-order valence-electron chi connectivity index (χ4n) is 5.39. The maximum absolute atomic E-state index is 12.0. The molecule has 3 atom stereocenters. The number of amides is 1. The first-order valence-corrected chi connectivity index (χ1v) is 16.6. The number of aliphatic hydroxyl groups is 1. The Balaban J connectivity index is 1.16. The van der Waals surface area contributed by atoms with E-state index in [4.69, 9.17) is 14.6 Å². The highest BCUT2D eigenvalue weighted by Gasteiger charge is 2.32. The third kappa shape index (κ3) is 8.52. The number of benzene rings is 4. The lowest BCUT2D eigenvalue weighted by Crippen LogP contribution is -2.31. The number of tetrazole rings is 1. The van der Waals surface area contributed by atoms with Gasteiger partial charge < -0.3 is 25.0 Å². The molecule has 1 aromatic heterocycles. The molecule has 6 rings (SSSR count). The second kappa shape index (κ2) is 15.8. The summed E-state index contributed by atoms with van der Waals surface area (Å²) in [6, 6.07) is 33.4. The van der Waals surface area contributed by atoms with E-state index in [0.717, 1.165) is 39.1 Å². The van der Waals surface area contributed by atoms with Crippen molar-refractivity contribution in [1.29, 1.82) is 0 Å². The van der Waals surface area contributed by atoms with Crippen LogP contribution in [0.15, 0.2) is 108 Å². The average molecular weight is 666 g/mol. The van der Waals surface area contributed by atoms with E-state index in [-0.39, 0.29) is 37.6 Å². The molecule has 5 aromatic rings. The first kappa shape index (κ1) is 33.0. The number of aliphatic hydroxyl groups excluding tert-OH is 1. The van der Waals surface area contributed by atoms with Gasteiger partial charge in [0.2, 0.25) is 11.1 Å². The summed E-state index contributed by atoms with van der Waals surface area (Å²) < 4.78 is 14.8. The van der Waals surface area contributed by atoms with Gasteiger partial charge in [-0.1, -0.05) is 96.7 Å². The number of para-hydroxylation sites is 1. The van der Waals surface area contributed by atoms with Gasteiger partial charge in [-0.3, -0.25) is 9.59 Å². The third-order valence-corrected chi connectivity index (χ3v) is 9.00. The Morgan fingerprint density at radius 1 is 0.854 bits per heavy atom. The minimum atomic E-state index is -0.997. The van der Waals surface area contributed by atoms with Crippen molar-refractivity contribution in [3.8, 4) is 16.8 Å². The lowest BCUT2D eigenvalue weighted by atomic mass is 9.99. The van der Waals surface area contributed by atoms with Gasteiger partial charge in [0.15, 0.2) is 6.29 Å². The molecule has 1 fully saturated rings. The number of nitrogens with one attached hydrogen (secondary N) is 1. The predicted octanol–water partition coefficient (Wildman–Crippen LogP) is 5.64. The first-order valence-electron chi connectivity index (χ1n) is 15.6. The number of thioether (sulfide) groups is 1. The first-order chi connectivity index (χ1) is 23.4. The average Bonchev–Trinajstić information content (AvgIpc) is 3.61. The van der Waals surface area contributed by atoms with Gasteiger partial charge in [-0.2, -0.15) is 4.68 Å². The molecule has 0 radical (unpaired) electrons. The Bertz CT molecular complexity index is 1820. The molecule has 11 nitrogen and oxygen atoms in total. The fraction of sp³-hybridized carbons (Fsp3) is 0.250. The Morgan fingerprint density at radius 3 is 2.38 bits per heavy atom. The van der Waals surface area contributed by atoms with E-state index in [1.165, 1.54) is 11.8 Å². The molecule has 246 valence electrons. The molecule has 1 aliphatic rings. The Morgan fingerprint density at radius 2 is 1.62 bits per heavy atom.